The van der Waals surface area contributed by atoms with Crippen molar-refractivity contribution < 1.29 is 5.11 Å². The van der Waals surface area contributed by atoms with Crippen LogP contribution in [0.1, 0.15) is 58.3 Å². The van der Waals surface area contributed by atoms with E-state index in [1.165, 1.54) is 64.6 Å². The number of aliphatic hydroxyl groups excluding tert-OH is 1. The van der Waals surface area contributed by atoms with E-state index in [1.807, 2.05) is 0 Å². The van der Waals surface area contributed by atoms with E-state index >= 15 is 0 Å². The average Bonchev–Trinajstić information content (AvgIpc) is 2.91. The van der Waals surface area contributed by atoms with Crippen molar-refractivity contribution in [1.82, 2.24) is 10.2 Å². The van der Waals surface area contributed by atoms with Crippen molar-refractivity contribution in [3.05, 3.63) is 0 Å². The van der Waals surface area contributed by atoms with Crippen LogP contribution in [0.5, 0.6) is 0 Å². The van der Waals surface area contributed by atoms with E-state index in [1.54, 1.807) is 0 Å². The first-order valence-corrected chi connectivity index (χ1v) is 8.41. The normalized spacial score (nSPS) is 24.9. The van der Waals surface area contributed by atoms with Crippen LogP contribution in [0.25, 0.3) is 0 Å². The molecule has 2 fully saturated rings. The first-order valence-electron chi connectivity index (χ1n) is 8.41. The van der Waals surface area contributed by atoms with Gasteiger partial charge in [-0.1, -0.05) is 32.6 Å². The van der Waals surface area contributed by atoms with Crippen LogP contribution in [-0.4, -0.2) is 48.3 Å². The quantitative estimate of drug-likeness (QED) is 0.744. The molecule has 2 N–H and O–H groups in total. The van der Waals surface area contributed by atoms with Gasteiger partial charge in [0.2, 0.25) is 0 Å². The standard InChI is InChI=1S/C16H32N2O/c1-2-9-18-10-7-15(8-11-18)17-13-16(19)12-14-5-3-4-6-14/h14-17,19H,2-13H2,1H3. The fourth-order valence-electron chi connectivity index (χ4n) is 3.69. The predicted molar refractivity (Wildman–Crippen MR) is 80.3 cm³/mol. The van der Waals surface area contributed by atoms with E-state index < -0.39 is 0 Å². The zero-order chi connectivity index (χ0) is 13.5. The summed E-state index contributed by atoms with van der Waals surface area (Å²) in [5.41, 5.74) is 0. The molecule has 1 unspecified atom stereocenters. The molecule has 1 saturated carbocycles. The Balaban J connectivity index is 1.55. The van der Waals surface area contributed by atoms with Crippen LogP contribution < -0.4 is 5.32 Å². The molecule has 1 aliphatic carbocycles. The Morgan fingerprint density at radius 3 is 2.47 bits per heavy atom. The summed E-state index contributed by atoms with van der Waals surface area (Å²) in [4.78, 5) is 2.56. The summed E-state index contributed by atoms with van der Waals surface area (Å²) in [5.74, 6) is 0.795. The second kappa shape index (κ2) is 8.23. The van der Waals surface area contributed by atoms with Crippen molar-refractivity contribution in [2.75, 3.05) is 26.2 Å². The minimum absolute atomic E-state index is 0.128. The molecule has 0 bridgehead atoms. The highest BCUT2D eigenvalue weighted by atomic mass is 16.3. The van der Waals surface area contributed by atoms with Gasteiger partial charge in [-0.15, -0.1) is 0 Å². The third-order valence-electron chi connectivity index (χ3n) is 4.85. The molecular weight excluding hydrogens is 236 g/mol. The van der Waals surface area contributed by atoms with Crippen molar-refractivity contribution in [1.29, 1.82) is 0 Å². The molecule has 1 aliphatic heterocycles. The molecular formula is C16H32N2O. The molecule has 3 heteroatoms. The van der Waals surface area contributed by atoms with Gasteiger partial charge in [0.1, 0.15) is 0 Å². The zero-order valence-corrected chi connectivity index (χ0v) is 12.6. The van der Waals surface area contributed by atoms with E-state index in [0.29, 0.717) is 6.04 Å². The van der Waals surface area contributed by atoms with Crippen LogP contribution in [0.3, 0.4) is 0 Å². The Bertz CT molecular complexity index is 233. The molecule has 2 rings (SSSR count). The number of aliphatic hydroxyl groups is 1. The second-order valence-electron chi connectivity index (χ2n) is 6.56. The van der Waals surface area contributed by atoms with Crippen LogP contribution in [-0.2, 0) is 0 Å². The van der Waals surface area contributed by atoms with Gasteiger partial charge in [0.05, 0.1) is 6.10 Å². The lowest BCUT2D eigenvalue weighted by molar-refractivity contribution is 0.127. The Morgan fingerprint density at radius 1 is 1.16 bits per heavy atom. The third-order valence-corrected chi connectivity index (χ3v) is 4.85. The molecule has 1 atom stereocenters. The fourth-order valence-corrected chi connectivity index (χ4v) is 3.69. The molecule has 0 radical (unpaired) electrons. The molecule has 2 aliphatic rings. The summed E-state index contributed by atoms with van der Waals surface area (Å²) in [7, 11) is 0. The smallest absolute Gasteiger partial charge is 0.0667 e. The van der Waals surface area contributed by atoms with Gasteiger partial charge in [-0.25, -0.2) is 0 Å². The van der Waals surface area contributed by atoms with Crippen molar-refractivity contribution in [3.8, 4) is 0 Å². The van der Waals surface area contributed by atoms with E-state index in [2.05, 4.69) is 17.1 Å². The highest BCUT2D eigenvalue weighted by Crippen LogP contribution is 2.28. The molecule has 0 aromatic heterocycles. The highest BCUT2D eigenvalue weighted by molar-refractivity contribution is 4.79. The van der Waals surface area contributed by atoms with E-state index in [-0.39, 0.29) is 6.10 Å². The van der Waals surface area contributed by atoms with Crippen molar-refractivity contribution in [2.45, 2.75) is 70.4 Å². The van der Waals surface area contributed by atoms with Crippen LogP contribution in [0.15, 0.2) is 0 Å². The number of hydrogen-bond donors (Lipinski definition) is 2. The average molecular weight is 268 g/mol. The van der Waals surface area contributed by atoms with Crippen molar-refractivity contribution in [2.24, 2.45) is 5.92 Å². The lowest BCUT2D eigenvalue weighted by Gasteiger charge is -2.32. The molecule has 0 aromatic rings. The molecule has 3 nitrogen and oxygen atoms in total. The van der Waals surface area contributed by atoms with E-state index in [0.717, 1.165) is 18.9 Å². The summed E-state index contributed by atoms with van der Waals surface area (Å²) >= 11 is 0. The lowest BCUT2D eigenvalue weighted by atomic mass is 9.99. The minimum atomic E-state index is -0.128. The highest BCUT2D eigenvalue weighted by Gasteiger charge is 2.21. The van der Waals surface area contributed by atoms with Crippen LogP contribution >= 0.6 is 0 Å². The van der Waals surface area contributed by atoms with Crippen molar-refractivity contribution >= 4 is 0 Å². The number of piperidine rings is 1. The van der Waals surface area contributed by atoms with Crippen molar-refractivity contribution in [3.63, 3.8) is 0 Å². The van der Waals surface area contributed by atoms with Gasteiger partial charge in [-0.3, -0.25) is 0 Å². The summed E-state index contributed by atoms with van der Waals surface area (Å²) < 4.78 is 0. The number of rotatable bonds is 7. The fraction of sp³-hybridized carbons (Fsp3) is 1.00. The molecule has 19 heavy (non-hydrogen) atoms. The lowest BCUT2D eigenvalue weighted by Crippen LogP contribution is -2.44. The van der Waals surface area contributed by atoms with Gasteiger partial charge in [-0.2, -0.15) is 0 Å². The maximum Gasteiger partial charge on any atom is 0.0667 e. The summed E-state index contributed by atoms with van der Waals surface area (Å²) in [6.45, 7) is 6.75. The maximum absolute atomic E-state index is 10.1. The Hall–Kier alpha value is -0.120. The molecule has 0 spiro atoms. The number of likely N-dealkylation sites (tertiary alicyclic amines) is 1. The Morgan fingerprint density at radius 2 is 1.84 bits per heavy atom. The van der Waals surface area contributed by atoms with Gasteiger partial charge in [0.15, 0.2) is 0 Å². The topological polar surface area (TPSA) is 35.5 Å². The van der Waals surface area contributed by atoms with Crippen LogP contribution in [0.2, 0.25) is 0 Å². The van der Waals surface area contributed by atoms with Gasteiger partial charge in [0, 0.05) is 12.6 Å². The Kier molecular flexibility index (Phi) is 6.62. The van der Waals surface area contributed by atoms with Gasteiger partial charge in [-0.05, 0) is 51.2 Å². The largest absolute Gasteiger partial charge is 0.392 e. The number of nitrogens with one attached hydrogen (secondary N) is 1. The number of nitrogens with zero attached hydrogens (tertiary/aromatic N) is 1. The molecule has 1 heterocycles. The first kappa shape index (κ1) is 15.3. The molecule has 1 saturated heterocycles. The van der Waals surface area contributed by atoms with Crippen LogP contribution in [0.4, 0.5) is 0 Å². The van der Waals surface area contributed by atoms with E-state index in [9.17, 15) is 5.11 Å². The van der Waals surface area contributed by atoms with Gasteiger partial charge >= 0.3 is 0 Å². The monoisotopic (exact) mass is 268 g/mol. The zero-order valence-electron chi connectivity index (χ0n) is 12.6. The second-order valence-corrected chi connectivity index (χ2v) is 6.56. The van der Waals surface area contributed by atoms with Gasteiger partial charge < -0.3 is 15.3 Å². The maximum atomic E-state index is 10.1. The number of hydrogen-bond acceptors (Lipinski definition) is 3. The molecule has 0 amide bonds. The molecule has 0 aromatic carbocycles. The minimum Gasteiger partial charge on any atom is -0.392 e. The first-order chi connectivity index (χ1) is 9.28. The van der Waals surface area contributed by atoms with E-state index in [4.69, 9.17) is 0 Å². The Labute approximate surface area is 118 Å². The summed E-state index contributed by atoms with van der Waals surface area (Å²) in [5, 5.41) is 13.7. The van der Waals surface area contributed by atoms with Gasteiger partial charge in [0.25, 0.3) is 0 Å². The summed E-state index contributed by atoms with van der Waals surface area (Å²) in [6.07, 6.45) is 10.1. The summed E-state index contributed by atoms with van der Waals surface area (Å²) in [6, 6.07) is 0.631. The SMILES string of the molecule is CCCN1CCC(NCC(O)CC2CCCC2)CC1. The predicted octanol–water partition coefficient (Wildman–Crippen LogP) is 2.39. The van der Waals surface area contributed by atoms with Crippen LogP contribution in [0, 0.1) is 5.92 Å². The third kappa shape index (κ3) is 5.41. The molecule has 112 valence electrons.